The zero-order valence-corrected chi connectivity index (χ0v) is 18.3. The van der Waals surface area contributed by atoms with Crippen molar-refractivity contribution < 1.29 is 28.9 Å². The molecule has 0 aliphatic heterocycles. The van der Waals surface area contributed by atoms with E-state index in [-0.39, 0.29) is 13.0 Å². The summed E-state index contributed by atoms with van der Waals surface area (Å²) in [5, 5.41) is 11.8. The number of nitrogens with one attached hydrogen (secondary N) is 1. The second-order valence-corrected chi connectivity index (χ2v) is 10.3. The molecule has 0 saturated carbocycles. The van der Waals surface area contributed by atoms with Crippen LogP contribution in [-0.4, -0.2) is 34.0 Å². The maximum absolute atomic E-state index is 12.7. The number of hydrogen-bond donors (Lipinski definition) is 3. The molecular formula is C20H23BrNO6P. The van der Waals surface area contributed by atoms with Crippen molar-refractivity contribution >= 4 is 35.4 Å². The highest BCUT2D eigenvalue weighted by atomic mass is 79.9. The number of ether oxygens (including phenoxy) is 1. The molecule has 2 rings (SSSR count). The molecule has 0 fully saturated rings. The first-order valence-corrected chi connectivity index (χ1v) is 11.6. The molecule has 29 heavy (non-hydrogen) atoms. The van der Waals surface area contributed by atoms with Crippen LogP contribution in [0.2, 0.25) is 0 Å². The van der Waals surface area contributed by atoms with Gasteiger partial charge in [0.25, 0.3) is 0 Å². The van der Waals surface area contributed by atoms with Crippen molar-refractivity contribution in [2.45, 2.75) is 25.7 Å². The van der Waals surface area contributed by atoms with Crippen LogP contribution < -0.4 is 5.32 Å². The molecule has 2 aromatic carbocycles. The highest BCUT2D eigenvalue weighted by Crippen LogP contribution is 2.47. The van der Waals surface area contributed by atoms with Gasteiger partial charge in [-0.05, 0) is 36.6 Å². The molecule has 0 aromatic heterocycles. The largest absolute Gasteiger partial charge is 0.481 e. The molecule has 3 atom stereocenters. The van der Waals surface area contributed by atoms with Gasteiger partial charge in [0.05, 0.1) is 5.92 Å². The molecule has 156 valence electrons. The van der Waals surface area contributed by atoms with Gasteiger partial charge in [-0.15, -0.1) is 0 Å². The monoisotopic (exact) mass is 483 g/mol. The molecule has 9 heteroatoms. The van der Waals surface area contributed by atoms with Crippen LogP contribution in [0.5, 0.6) is 0 Å². The quantitative estimate of drug-likeness (QED) is 0.459. The van der Waals surface area contributed by atoms with Gasteiger partial charge in [0, 0.05) is 10.6 Å². The zero-order valence-electron chi connectivity index (χ0n) is 15.8. The average molecular weight is 484 g/mol. The van der Waals surface area contributed by atoms with E-state index >= 15 is 0 Å². The van der Waals surface area contributed by atoms with Crippen molar-refractivity contribution in [3.63, 3.8) is 0 Å². The van der Waals surface area contributed by atoms with Crippen LogP contribution >= 0.6 is 23.3 Å². The highest BCUT2D eigenvalue weighted by Gasteiger charge is 2.35. The minimum Gasteiger partial charge on any atom is -0.481 e. The van der Waals surface area contributed by atoms with Crippen LogP contribution in [0.1, 0.15) is 18.1 Å². The average Bonchev–Trinajstić information content (AvgIpc) is 2.68. The number of benzene rings is 2. The van der Waals surface area contributed by atoms with E-state index in [1.807, 2.05) is 6.07 Å². The molecule has 3 N–H and O–H groups in total. The summed E-state index contributed by atoms with van der Waals surface area (Å²) in [5.41, 5.74) is 1.52. The van der Waals surface area contributed by atoms with E-state index in [0.29, 0.717) is 0 Å². The van der Waals surface area contributed by atoms with Gasteiger partial charge >= 0.3 is 12.1 Å². The number of carboxylic acid groups (broad SMARTS) is 1. The number of carboxylic acids is 1. The van der Waals surface area contributed by atoms with Gasteiger partial charge in [-0.25, -0.2) is 4.79 Å². The fourth-order valence-corrected chi connectivity index (χ4v) is 4.45. The van der Waals surface area contributed by atoms with E-state index in [9.17, 15) is 24.2 Å². The van der Waals surface area contributed by atoms with E-state index in [1.54, 1.807) is 48.5 Å². The van der Waals surface area contributed by atoms with Crippen molar-refractivity contribution in [3.05, 3.63) is 70.2 Å². The van der Waals surface area contributed by atoms with Crippen LogP contribution in [0, 0.1) is 5.92 Å². The van der Waals surface area contributed by atoms with Crippen LogP contribution in [0.3, 0.4) is 0 Å². The molecule has 0 spiro atoms. The maximum atomic E-state index is 12.7. The number of rotatable bonds is 9. The summed E-state index contributed by atoms with van der Waals surface area (Å²) in [6.07, 6.45) is -1.19. The number of carbonyl (C=O) groups is 2. The predicted molar refractivity (Wildman–Crippen MR) is 113 cm³/mol. The van der Waals surface area contributed by atoms with Crippen molar-refractivity contribution in [3.8, 4) is 0 Å². The SMILES string of the molecule is C[C@H](NC(=O)OCc1ccccc1)P(=O)(O)CC(Cc1ccc(Br)cc1)C(=O)O. The van der Waals surface area contributed by atoms with E-state index in [4.69, 9.17) is 4.74 Å². The normalized spacial score (nSPS) is 15.0. The van der Waals surface area contributed by atoms with Crippen molar-refractivity contribution in [2.24, 2.45) is 5.92 Å². The number of aliphatic carboxylic acids is 1. The fourth-order valence-electron chi connectivity index (χ4n) is 2.65. The van der Waals surface area contributed by atoms with Gasteiger partial charge in [0.2, 0.25) is 7.37 Å². The summed E-state index contributed by atoms with van der Waals surface area (Å²) >= 11 is 3.31. The molecule has 2 unspecified atom stereocenters. The van der Waals surface area contributed by atoms with Crippen LogP contribution in [0.15, 0.2) is 59.1 Å². The number of halogens is 1. The van der Waals surface area contributed by atoms with Crippen molar-refractivity contribution in [1.29, 1.82) is 0 Å². The Balaban J connectivity index is 1.93. The van der Waals surface area contributed by atoms with Gasteiger partial charge in [0.1, 0.15) is 12.4 Å². The maximum Gasteiger partial charge on any atom is 0.408 e. The molecule has 0 saturated heterocycles. The third-order valence-corrected chi connectivity index (χ3v) is 7.20. The lowest BCUT2D eigenvalue weighted by atomic mass is 10.0. The Morgan fingerprint density at radius 3 is 2.31 bits per heavy atom. The second-order valence-electron chi connectivity index (χ2n) is 6.69. The van der Waals surface area contributed by atoms with E-state index in [2.05, 4.69) is 21.2 Å². The summed E-state index contributed by atoms with van der Waals surface area (Å²) < 4.78 is 18.6. The molecule has 0 bridgehead atoms. The molecule has 1 amide bonds. The predicted octanol–water partition coefficient (Wildman–Crippen LogP) is 4.24. The van der Waals surface area contributed by atoms with Crippen LogP contribution in [-0.2, 0) is 27.1 Å². The molecule has 7 nitrogen and oxygen atoms in total. The van der Waals surface area contributed by atoms with Crippen molar-refractivity contribution in [2.75, 3.05) is 6.16 Å². The Labute approximate surface area is 177 Å². The first-order valence-electron chi connectivity index (χ1n) is 8.93. The number of amides is 1. The lowest BCUT2D eigenvalue weighted by Crippen LogP contribution is -2.35. The van der Waals surface area contributed by atoms with Gasteiger partial charge < -0.3 is 20.1 Å². The lowest BCUT2D eigenvalue weighted by Gasteiger charge is -2.23. The molecule has 0 heterocycles. The Bertz CT molecular complexity index is 874. The second kappa shape index (κ2) is 10.6. The highest BCUT2D eigenvalue weighted by molar-refractivity contribution is 9.10. The smallest absolute Gasteiger partial charge is 0.408 e. The van der Waals surface area contributed by atoms with Gasteiger partial charge in [-0.1, -0.05) is 58.4 Å². The van der Waals surface area contributed by atoms with Crippen LogP contribution in [0.25, 0.3) is 0 Å². The van der Waals surface area contributed by atoms with Crippen molar-refractivity contribution in [1.82, 2.24) is 5.32 Å². The Morgan fingerprint density at radius 2 is 1.72 bits per heavy atom. The Hall–Kier alpha value is -2.15. The van der Waals surface area contributed by atoms with E-state index < -0.39 is 37.3 Å². The topological polar surface area (TPSA) is 113 Å². The third kappa shape index (κ3) is 7.65. The summed E-state index contributed by atoms with van der Waals surface area (Å²) in [6.45, 7) is 1.39. The number of hydrogen-bond acceptors (Lipinski definition) is 4. The number of alkyl carbamates (subject to hydrolysis) is 1. The summed E-state index contributed by atoms with van der Waals surface area (Å²) in [4.78, 5) is 33.9. The van der Waals surface area contributed by atoms with Gasteiger partial charge in [-0.2, -0.15) is 0 Å². The molecule has 2 aromatic rings. The number of carbonyl (C=O) groups excluding carboxylic acids is 1. The van der Waals surface area contributed by atoms with E-state index in [0.717, 1.165) is 15.6 Å². The minimum absolute atomic E-state index is 0.0242. The van der Waals surface area contributed by atoms with Crippen LogP contribution in [0.4, 0.5) is 4.79 Å². The Kier molecular flexibility index (Phi) is 8.44. The fraction of sp³-hybridized carbons (Fsp3) is 0.300. The Morgan fingerprint density at radius 1 is 1.10 bits per heavy atom. The molecule has 0 aliphatic rings. The summed E-state index contributed by atoms with van der Waals surface area (Å²) in [6, 6.07) is 16.1. The molecule has 0 aliphatic carbocycles. The van der Waals surface area contributed by atoms with Gasteiger partial charge in [0.15, 0.2) is 0 Å². The zero-order chi connectivity index (χ0) is 21.4. The first-order chi connectivity index (χ1) is 13.7. The molecular weight excluding hydrogens is 461 g/mol. The standard InChI is InChI=1S/C20H23BrNO6P/c1-14(22-20(25)28-12-16-5-3-2-4-6-16)29(26,27)13-17(19(23)24)11-15-7-9-18(21)10-8-15/h2-10,14,17H,11-13H2,1H3,(H,22,25)(H,23,24)(H,26,27)/t14-,17?/m1/s1. The third-order valence-electron chi connectivity index (χ3n) is 4.37. The summed E-state index contributed by atoms with van der Waals surface area (Å²) in [7, 11) is -3.99. The van der Waals surface area contributed by atoms with Gasteiger partial charge in [-0.3, -0.25) is 9.36 Å². The lowest BCUT2D eigenvalue weighted by molar-refractivity contribution is -0.141. The minimum atomic E-state index is -3.99. The molecule has 0 radical (unpaired) electrons. The first kappa shape index (κ1) is 23.1. The van der Waals surface area contributed by atoms with E-state index in [1.165, 1.54) is 6.92 Å². The summed E-state index contributed by atoms with van der Waals surface area (Å²) in [5.74, 6) is -3.37.